The third-order valence-corrected chi connectivity index (χ3v) is 4.55. The highest BCUT2D eigenvalue weighted by molar-refractivity contribution is 7.07. The zero-order valence-corrected chi connectivity index (χ0v) is 14.9. The van der Waals surface area contributed by atoms with Crippen LogP contribution in [0.4, 0.5) is 5.69 Å². The van der Waals surface area contributed by atoms with Crippen LogP contribution in [0.3, 0.4) is 0 Å². The lowest BCUT2D eigenvalue weighted by Crippen LogP contribution is -2.35. The summed E-state index contributed by atoms with van der Waals surface area (Å²) in [5, 5.41) is 4.53. The Morgan fingerprint density at radius 3 is 2.46 bits per heavy atom. The van der Waals surface area contributed by atoms with Gasteiger partial charge in [0.15, 0.2) is 0 Å². The van der Waals surface area contributed by atoms with Gasteiger partial charge < -0.3 is 14.8 Å². The van der Waals surface area contributed by atoms with Crippen LogP contribution in [0.15, 0.2) is 34.4 Å². The molecule has 6 nitrogen and oxygen atoms in total. The third kappa shape index (κ3) is 4.79. The lowest BCUT2D eigenvalue weighted by molar-refractivity contribution is -0.133. The van der Waals surface area contributed by atoms with Gasteiger partial charge in [-0.25, -0.2) is 0 Å². The van der Waals surface area contributed by atoms with Crippen molar-refractivity contribution in [2.24, 2.45) is 0 Å². The lowest BCUT2D eigenvalue weighted by Gasteiger charge is -2.17. The fourth-order valence-electron chi connectivity index (χ4n) is 2.21. The average molecular weight is 347 g/mol. The zero-order chi connectivity index (χ0) is 17.7. The molecule has 2 aromatic rings. The number of thiazole rings is 1. The van der Waals surface area contributed by atoms with Crippen molar-refractivity contribution >= 4 is 28.8 Å². The van der Waals surface area contributed by atoms with Gasteiger partial charge >= 0.3 is 4.87 Å². The van der Waals surface area contributed by atoms with Crippen molar-refractivity contribution in [3.8, 4) is 0 Å². The molecule has 0 radical (unpaired) electrons. The predicted molar refractivity (Wildman–Crippen MR) is 95.4 cm³/mol. The Morgan fingerprint density at radius 1 is 1.21 bits per heavy atom. The molecule has 1 N–H and O–H groups in total. The molecular formula is C17H21N3O3S. The summed E-state index contributed by atoms with van der Waals surface area (Å²) in [5.41, 5.74) is 2.66. The van der Waals surface area contributed by atoms with Gasteiger partial charge in [0, 0.05) is 36.8 Å². The van der Waals surface area contributed by atoms with Gasteiger partial charge in [-0.3, -0.25) is 14.4 Å². The molecule has 2 rings (SSSR count). The van der Waals surface area contributed by atoms with Gasteiger partial charge in [-0.15, -0.1) is 0 Å². The maximum absolute atomic E-state index is 12.1. The fraction of sp³-hybridized carbons (Fsp3) is 0.353. The van der Waals surface area contributed by atoms with Crippen molar-refractivity contribution in [1.29, 1.82) is 0 Å². The van der Waals surface area contributed by atoms with Crippen LogP contribution in [0.1, 0.15) is 17.7 Å². The number of aromatic nitrogens is 1. The number of hydrogen-bond acceptors (Lipinski definition) is 4. The van der Waals surface area contributed by atoms with Crippen LogP contribution in [0, 0.1) is 13.8 Å². The van der Waals surface area contributed by atoms with Crippen LogP contribution in [0.5, 0.6) is 0 Å². The zero-order valence-electron chi connectivity index (χ0n) is 14.0. The summed E-state index contributed by atoms with van der Waals surface area (Å²) in [5.74, 6) is -0.426. The molecule has 0 aliphatic heterocycles. The molecule has 1 aromatic carbocycles. The Kier molecular flexibility index (Phi) is 5.92. The molecule has 0 atom stereocenters. The van der Waals surface area contributed by atoms with E-state index >= 15 is 0 Å². The van der Waals surface area contributed by atoms with E-state index in [0.717, 1.165) is 22.6 Å². The Labute approximate surface area is 144 Å². The van der Waals surface area contributed by atoms with Gasteiger partial charge in [0.1, 0.15) is 0 Å². The van der Waals surface area contributed by atoms with E-state index in [1.807, 2.05) is 38.1 Å². The molecule has 0 fully saturated rings. The van der Waals surface area contributed by atoms with Gasteiger partial charge in [-0.2, -0.15) is 0 Å². The van der Waals surface area contributed by atoms with E-state index in [1.54, 1.807) is 17.0 Å². The standard InChI is InChI=1S/C17H21N3O3S/c1-12-4-6-14(7-5-12)18-15(21)10-19(3)16(22)8-9-20-13(2)11-24-17(20)23/h4-7,11H,8-10H2,1-3H3,(H,18,21). The van der Waals surface area contributed by atoms with Crippen molar-refractivity contribution in [2.75, 3.05) is 18.9 Å². The minimum Gasteiger partial charge on any atom is -0.336 e. The number of nitrogens with one attached hydrogen (secondary N) is 1. The summed E-state index contributed by atoms with van der Waals surface area (Å²) >= 11 is 1.12. The number of likely N-dealkylation sites (N-methyl/N-ethyl adjacent to an activating group) is 1. The van der Waals surface area contributed by atoms with E-state index < -0.39 is 0 Å². The number of aryl methyl sites for hydroxylation is 2. The highest BCUT2D eigenvalue weighted by atomic mass is 32.1. The third-order valence-electron chi connectivity index (χ3n) is 3.67. The number of hydrogen-bond donors (Lipinski definition) is 1. The summed E-state index contributed by atoms with van der Waals surface area (Å²) in [6.45, 7) is 4.11. The van der Waals surface area contributed by atoms with Gasteiger partial charge in [-0.05, 0) is 26.0 Å². The molecule has 2 amide bonds. The van der Waals surface area contributed by atoms with Crippen LogP contribution in [-0.4, -0.2) is 34.9 Å². The number of carbonyl (C=O) groups excluding carboxylic acids is 2. The molecule has 0 bridgehead atoms. The van der Waals surface area contributed by atoms with Gasteiger partial charge in [0.2, 0.25) is 11.8 Å². The monoisotopic (exact) mass is 347 g/mol. The van der Waals surface area contributed by atoms with Crippen molar-refractivity contribution in [3.63, 3.8) is 0 Å². The SMILES string of the molecule is Cc1ccc(NC(=O)CN(C)C(=O)CCn2c(C)csc2=O)cc1. The molecular weight excluding hydrogens is 326 g/mol. The van der Waals surface area contributed by atoms with Crippen molar-refractivity contribution in [1.82, 2.24) is 9.47 Å². The first kappa shape index (κ1) is 17.9. The Hall–Kier alpha value is -2.41. The van der Waals surface area contributed by atoms with Gasteiger partial charge in [0.05, 0.1) is 6.54 Å². The minimum absolute atomic E-state index is 0.0236. The first-order chi connectivity index (χ1) is 11.4. The molecule has 1 heterocycles. The Morgan fingerprint density at radius 2 is 1.88 bits per heavy atom. The second-order valence-electron chi connectivity index (χ2n) is 5.71. The molecule has 0 aliphatic rings. The molecule has 1 aromatic heterocycles. The largest absolute Gasteiger partial charge is 0.336 e. The van der Waals surface area contributed by atoms with E-state index in [9.17, 15) is 14.4 Å². The van der Waals surface area contributed by atoms with Crippen LogP contribution in [0.25, 0.3) is 0 Å². The lowest BCUT2D eigenvalue weighted by atomic mass is 10.2. The van der Waals surface area contributed by atoms with Crippen LogP contribution in [0.2, 0.25) is 0 Å². The summed E-state index contributed by atoms with van der Waals surface area (Å²) in [6, 6.07) is 7.46. The highest BCUT2D eigenvalue weighted by Gasteiger charge is 2.14. The number of benzene rings is 1. The molecule has 0 unspecified atom stereocenters. The highest BCUT2D eigenvalue weighted by Crippen LogP contribution is 2.08. The van der Waals surface area contributed by atoms with Gasteiger partial charge in [0.25, 0.3) is 0 Å². The first-order valence-corrected chi connectivity index (χ1v) is 8.50. The number of amides is 2. The molecule has 7 heteroatoms. The first-order valence-electron chi connectivity index (χ1n) is 7.62. The van der Waals surface area contributed by atoms with Gasteiger partial charge in [-0.1, -0.05) is 29.0 Å². The molecule has 0 spiro atoms. The second kappa shape index (κ2) is 7.92. The fourth-order valence-corrected chi connectivity index (χ4v) is 2.97. The van der Waals surface area contributed by atoms with Crippen molar-refractivity contribution in [3.05, 3.63) is 50.6 Å². The molecule has 0 saturated heterocycles. The van der Waals surface area contributed by atoms with Crippen LogP contribution in [-0.2, 0) is 16.1 Å². The minimum atomic E-state index is -0.251. The van der Waals surface area contributed by atoms with Crippen LogP contribution >= 0.6 is 11.3 Å². The normalized spacial score (nSPS) is 10.5. The maximum atomic E-state index is 12.1. The molecule has 24 heavy (non-hydrogen) atoms. The van der Waals surface area contributed by atoms with E-state index in [0.29, 0.717) is 12.2 Å². The summed E-state index contributed by atoms with van der Waals surface area (Å²) in [7, 11) is 1.58. The van der Waals surface area contributed by atoms with E-state index in [2.05, 4.69) is 5.32 Å². The Balaban J connectivity index is 1.83. The molecule has 128 valence electrons. The summed E-state index contributed by atoms with van der Waals surface area (Å²) in [6.07, 6.45) is 0.186. The van der Waals surface area contributed by atoms with E-state index in [-0.39, 0.29) is 29.7 Å². The number of nitrogens with zero attached hydrogens (tertiary/aromatic N) is 2. The number of carbonyl (C=O) groups is 2. The summed E-state index contributed by atoms with van der Waals surface area (Å²) < 4.78 is 1.57. The van der Waals surface area contributed by atoms with Crippen molar-refractivity contribution in [2.45, 2.75) is 26.8 Å². The molecule has 0 saturated carbocycles. The van der Waals surface area contributed by atoms with Crippen LogP contribution < -0.4 is 10.2 Å². The Bertz CT molecular complexity index is 777. The predicted octanol–water partition coefficient (Wildman–Crippen LogP) is 2.01. The number of anilines is 1. The van der Waals surface area contributed by atoms with Crippen molar-refractivity contribution < 1.29 is 9.59 Å². The average Bonchev–Trinajstić information content (AvgIpc) is 2.85. The maximum Gasteiger partial charge on any atom is 0.307 e. The van der Waals surface area contributed by atoms with E-state index in [1.165, 1.54) is 4.90 Å². The topological polar surface area (TPSA) is 71.4 Å². The quantitative estimate of drug-likeness (QED) is 0.869. The molecule has 0 aliphatic carbocycles. The summed E-state index contributed by atoms with van der Waals surface area (Å²) in [4.78, 5) is 37.0. The number of rotatable bonds is 6. The van der Waals surface area contributed by atoms with E-state index in [4.69, 9.17) is 0 Å². The second-order valence-corrected chi connectivity index (χ2v) is 6.53. The smallest absolute Gasteiger partial charge is 0.307 e.